The monoisotopic (exact) mass is 340 g/mol. The molecule has 3 rings (SSSR count). The summed E-state index contributed by atoms with van der Waals surface area (Å²) in [6, 6.07) is 7.06. The number of pyridine rings is 1. The molecule has 7 heteroatoms. The lowest BCUT2D eigenvalue weighted by atomic mass is 9.93. The Morgan fingerprint density at radius 2 is 2.40 bits per heavy atom. The molecule has 0 fully saturated rings. The summed E-state index contributed by atoms with van der Waals surface area (Å²) in [6.07, 6.45) is 7.06. The first-order valence-corrected chi connectivity index (χ1v) is 8.36. The van der Waals surface area contributed by atoms with E-state index in [2.05, 4.69) is 21.7 Å². The van der Waals surface area contributed by atoms with Gasteiger partial charge in [-0.15, -0.1) is 0 Å². The number of aryl methyl sites for hydroxylation is 1. The van der Waals surface area contributed by atoms with Gasteiger partial charge in [0, 0.05) is 24.6 Å². The molecule has 7 nitrogen and oxygen atoms in total. The number of anilines is 1. The van der Waals surface area contributed by atoms with Gasteiger partial charge in [-0.2, -0.15) is 5.26 Å². The minimum absolute atomic E-state index is 0.0637. The summed E-state index contributed by atoms with van der Waals surface area (Å²) in [5.41, 5.74) is 1.04. The summed E-state index contributed by atoms with van der Waals surface area (Å²) < 4.78 is 11.0. The predicted octanol–water partition coefficient (Wildman–Crippen LogP) is 3.56. The van der Waals surface area contributed by atoms with Crippen LogP contribution in [0.1, 0.15) is 43.0 Å². The van der Waals surface area contributed by atoms with E-state index in [1.165, 1.54) is 0 Å². The van der Waals surface area contributed by atoms with Crippen molar-refractivity contribution >= 4 is 11.8 Å². The number of amides is 2. The van der Waals surface area contributed by atoms with Crippen LogP contribution in [0.15, 0.2) is 35.1 Å². The molecule has 0 aromatic carbocycles. The SMILES string of the molecule is N#CCCCOc1cccnc1NC(=O)N[C@@H]1CCCc2occc21. The number of furan rings is 1. The summed E-state index contributed by atoms with van der Waals surface area (Å²) in [5, 5.41) is 14.3. The second-order valence-corrected chi connectivity index (χ2v) is 5.80. The number of hydrogen-bond donors (Lipinski definition) is 2. The minimum Gasteiger partial charge on any atom is -0.490 e. The molecule has 2 aromatic rings. The van der Waals surface area contributed by atoms with Crippen LogP contribution >= 0.6 is 0 Å². The van der Waals surface area contributed by atoms with Crippen molar-refractivity contribution in [2.45, 2.75) is 38.1 Å². The Kier molecular flexibility index (Phi) is 5.52. The predicted molar refractivity (Wildman–Crippen MR) is 91.1 cm³/mol. The average molecular weight is 340 g/mol. The number of carbonyl (C=O) groups excluding carboxylic acids is 1. The van der Waals surface area contributed by atoms with Crippen LogP contribution in [0.2, 0.25) is 0 Å². The van der Waals surface area contributed by atoms with Crippen LogP contribution in [0.4, 0.5) is 10.6 Å². The van der Waals surface area contributed by atoms with Crippen molar-refractivity contribution in [2.75, 3.05) is 11.9 Å². The molecule has 25 heavy (non-hydrogen) atoms. The van der Waals surface area contributed by atoms with Gasteiger partial charge in [0.05, 0.1) is 25.0 Å². The van der Waals surface area contributed by atoms with Crippen molar-refractivity contribution in [2.24, 2.45) is 0 Å². The molecular weight excluding hydrogens is 320 g/mol. The third kappa shape index (κ3) is 4.29. The number of aromatic nitrogens is 1. The highest BCUT2D eigenvalue weighted by atomic mass is 16.5. The fraction of sp³-hybridized carbons (Fsp3) is 0.389. The van der Waals surface area contributed by atoms with Gasteiger partial charge in [0.15, 0.2) is 11.6 Å². The molecule has 1 atom stereocenters. The quantitative estimate of drug-likeness (QED) is 0.783. The molecule has 2 N–H and O–H groups in total. The van der Waals surface area contributed by atoms with Crippen molar-refractivity contribution < 1.29 is 13.9 Å². The standard InChI is InChI=1S/C18H20N4O3/c19-9-1-2-11-24-16-7-4-10-20-17(16)22-18(23)21-14-5-3-6-15-13(14)8-12-25-15/h4,7-8,10,12,14H,1-3,5-6,11H2,(H2,20,21,22,23)/t14-/m1/s1. The molecule has 0 bridgehead atoms. The summed E-state index contributed by atoms with van der Waals surface area (Å²) in [6.45, 7) is 0.399. The van der Waals surface area contributed by atoms with Gasteiger partial charge in [-0.3, -0.25) is 5.32 Å². The number of nitrogens with zero attached hydrogens (tertiary/aromatic N) is 2. The molecule has 1 aliphatic rings. The number of urea groups is 1. The van der Waals surface area contributed by atoms with Crippen LogP contribution in [0, 0.1) is 11.3 Å². The molecule has 0 unspecified atom stereocenters. The van der Waals surface area contributed by atoms with Crippen LogP contribution in [-0.2, 0) is 6.42 Å². The Hall–Kier alpha value is -3.01. The summed E-state index contributed by atoms with van der Waals surface area (Å²) >= 11 is 0. The van der Waals surface area contributed by atoms with Crippen LogP contribution in [0.3, 0.4) is 0 Å². The largest absolute Gasteiger partial charge is 0.490 e. The van der Waals surface area contributed by atoms with Gasteiger partial charge in [-0.25, -0.2) is 9.78 Å². The van der Waals surface area contributed by atoms with E-state index in [0.717, 1.165) is 30.6 Å². The minimum atomic E-state index is -0.334. The van der Waals surface area contributed by atoms with Crippen molar-refractivity contribution in [3.8, 4) is 11.8 Å². The van der Waals surface area contributed by atoms with Gasteiger partial charge < -0.3 is 14.5 Å². The number of fused-ring (bicyclic) bond motifs is 1. The molecule has 2 heterocycles. The van der Waals surface area contributed by atoms with E-state index in [4.69, 9.17) is 14.4 Å². The number of nitriles is 1. The maximum Gasteiger partial charge on any atom is 0.320 e. The van der Waals surface area contributed by atoms with E-state index in [1.807, 2.05) is 6.07 Å². The molecule has 0 radical (unpaired) electrons. The van der Waals surface area contributed by atoms with Crippen LogP contribution in [0.25, 0.3) is 0 Å². The Bertz CT molecular complexity index is 766. The third-order valence-corrected chi connectivity index (χ3v) is 4.05. The summed E-state index contributed by atoms with van der Waals surface area (Å²) in [4.78, 5) is 16.5. The molecule has 2 amide bonds. The van der Waals surface area contributed by atoms with Gasteiger partial charge in [0.25, 0.3) is 0 Å². The van der Waals surface area contributed by atoms with Crippen molar-refractivity contribution in [1.29, 1.82) is 5.26 Å². The zero-order chi connectivity index (χ0) is 17.5. The summed E-state index contributed by atoms with van der Waals surface area (Å²) in [7, 11) is 0. The fourth-order valence-electron chi connectivity index (χ4n) is 2.87. The zero-order valence-corrected chi connectivity index (χ0v) is 13.8. The molecule has 2 aromatic heterocycles. The molecule has 0 aliphatic heterocycles. The smallest absolute Gasteiger partial charge is 0.320 e. The number of rotatable bonds is 6. The maximum absolute atomic E-state index is 12.3. The van der Waals surface area contributed by atoms with Crippen LogP contribution < -0.4 is 15.4 Å². The van der Waals surface area contributed by atoms with Gasteiger partial charge in [-0.1, -0.05) is 0 Å². The topological polar surface area (TPSA) is 100 Å². The van der Waals surface area contributed by atoms with Gasteiger partial charge in [0.1, 0.15) is 5.76 Å². The molecule has 0 saturated heterocycles. The lowest BCUT2D eigenvalue weighted by molar-refractivity contribution is 0.246. The first kappa shape index (κ1) is 16.8. The molecule has 0 saturated carbocycles. The zero-order valence-electron chi connectivity index (χ0n) is 13.8. The lowest BCUT2D eigenvalue weighted by Crippen LogP contribution is -2.34. The van der Waals surface area contributed by atoms with Crippen LogP contribution in [0.5, 0.6) is 5.75 Å². The van der Waals surface area contributed by atoms with Crippen LogP contribution in [-0.4, -0.2) is 17.6 Å². The third-order valence-electron chi connectivity index (χ3n) is 4.05. The first-order chi connectivity index (χ1) is 12.3. The van der Waals surface area contributed by atoms with E-state index in [1.54, 1.807) is 24.6 Å². The van der Waals surface area contributed by atoms with E-state index >= 15 is 0 Å². The highest BCUT2D eigenvalue weighted by Gasteiger charge is 2.24. The molecule has 130 valence electrons. The average Bonchev–Trinajstić information content (AvgIpc) is 3.10. The second-order valence-electron chi connectivity index (χ2n) is 5.80. The maximum atomic E-state index is 12.3. The van der Waals surface area contributed by atoms with Crippen molar-refractivity contribution in [3.63, 3.8) is 0 Å². The van der Waals surface area contributed by atoms with Crippen molar-refractivity contribution in [3.05, 3.63) is 42.0 Å². The van der Waals surface area contributed by atoms with Gasteiger partial charge in [0.2, 0.25) is 0 Å². The van der Waals surface area contributed by atoms with E-state index in [-0.39, 0.29) is 12.1 Å². The van der Waals surface area contributed by atoms with E-state index < -0.39 is 0 Å². The second kappa shape index (κ2) is 8.20. The number of carbonyl (C=O) groups is 1. The van der Waals surface area contributed by atoms with E-state index in [0.29, 0.717) is 31.0 Å². The number of nitrogens with one attached hydrogen (secondary N) is 2. The highest BCUT2D eigenvalue weighted by Crippen LogP contribution is 2.30. The lowest BCUT2D eigenvalue weighted by Gasteiger charge is -2.23. The number of ether oxygens (including phenoxy) is 1. The molecular formula is C18H20N4O3. The molecule has 1 aliphatic carbocycles. The van der Waals surface area contributed by atoms with Crippen molar-refractivity contribution in [1.82, 2.24) is 10.3 Å². The normalized spacial score (nSPS) is 15.7. The Balaban J connectivity index is 1.59. The Morgan fingerprint density at radius 3 is 3.28 bits per heavy atom. The Labute approximate surface area is 146 Å². The summed E-state index contributed by atoms with van der Waals surface area (Å²) in [5.74, 6) is 1.79. The molecule has 0 spiro atoms. The van der Waals surface area contributed by atoms with Gasteiger partial charge in [-0.05, 0) is 37.5 Å². The van der Waals surface area contributed by atoms with E-state index in [9.17, 15) is 4.79 Å². The number of hydrogen-bond acceptors (Lipinski definition) is 5. The number of unbranched alkanes of at least 4 members (excludes halogenated alkanes) is 1. The highest BCUT2D eigenvalue weighted by molar-refractivity contribution is 5.89. The van der Waals surface area contributed by atoms with Gasteiger partial charge >= 0.3 is 6.03 Å². The Morgan fingerprint density at radius 1 is 1.48 bits per heavy atom. The fourth-order valence-corrected chi connectivity index (χ4v) is 2.87. The first-order valence-electron chi connectivity index (χ1n) is 8.36.